The first-order valence-corrected chi connectivity index (χ1v) is 7.82. The van der Waals surface area contributed by atoms with E-state index in [1.807, 2.05) is 4.90 Å². The van der Waals surface area contributed by atoms with Crippen LogP contribution < -0.4 is 10.2 Å². The molecule has 2 aromatic rings. The Morgan fingerprint density at radius 3 is 2.67 bits per heavy atom. The smallest absolute Gasteiger partial charge is 0.351 e. The molecule has 8 heteroatoms. The molecule has 2 heterocycles. The van der Waals surface area contributed by atoms with E-state index in [1.165, 1.54) is 18.5 Å². The highest BCUT2D eigenvalue weighted by atomic mass is 19.1. The van der Waals surface area contributed by atoms with Gasteiger partial charge in [-0.1, -0.05) is 19.1 Å². The zero-order valence-electron chi connectivity index (χ0n) is 13.3. The number of nitrogens with zero attached hydrogens (tertiary/aromatic N) is 4. The molecule has 1 aliphatic rings. The van der Waals surface area contributed by atoms with E-state index < -0.39 is 10.7 Å². The van der Waals surface area contributed by atoms with Crippen LogP contribution in [-0.2, 0) is 0 Å². The quantitative estimate of drug-likeness (QED) is 0.682. The maximum absolute atomic E-state index is 13.8. The summed E-state index contributed by atoms with van der Waals surface area (Å²) in [6, 6.07) is 5.98. The average Bonchev–Trinajstić information content (AvgIpc) is 2.57. The van der Waals surface area contributed by atoms with Crippen molar-refractivity contribution < 1.29 is 9.31 Å². The molecule has 1 N–H and O–H groups in total. The number of benzene rings is 1. The summed E-state index contributed by atoms with van der Waals surface area (Å²) in [5, 5.41) is 14.3. The summed E-state index contributed by atoms with van der Waals surface area (Å²) >= 11 is 0. The van der Waals surface area contributed by atoms with Crippen LogP contribution in [0.25, 0.3) is 0 Å². The highest BCUT2D eigenvalue weighted by Gasteiger charge is 2.29. The maximum Gasteiger partial charge on any atom is 0.353 e. The van der Waals surface area contributed by atoms with Gasteiger partial charge in [-0.05, 0) is 30.9 Å². The fourth-order valence-electron chi connectivity index (χ4n) is 2.77. The third kappa shape index (κ3) is 3.27. The van der Waals surface area contributed by atoms with Crippen molar-refractivity contribution >= 4 is 23.0 Å². The van der Waals surface area contributed by atoms with Gasteiger partial charge in [0.15, 0.2) is 0 Å². The molecule has 1 aliphatic heterocycles. The number of halogens is 1. The Balaban J connectivity index is 1.97. The Labute approximate surface area is 138 Å². The van der Waals surface area contributed by atoms with E-state index in [2.05, 4.69) is 22.2 Å². The van der Waals surface area contributed by atoms with E-state index in [9.17, 15) is 14.5 Å². The first-order valence-electron chi connectivity index (χ1n) is 7.82. The van der Waals surface area contributed by atoms with E-state index in [4.69, 9.17) is 0 Å². The number of hydrogen-bond acceptors (Lipinski definition) is 6. The minimum absolute atomic E-state index is 0.00581. The lowest BCUT2D eigenvalue weighted by molar-refractivity contribution is -0.383. The summed E-state index contributed by atoms with van der Waals surface area (Å²) in [5.41, 5.74) is -0.0900. The Hall–Kier alpha value is -2.77. The molecule has 0 aliphatic carbocycles. The Kier molecular flexibility index (Phi) is 4.54. The number of anilines is 3. The second-order valence-electron chi connectivity index (χ2n) is 5.93. The summed E-state index contributed by atoms with van der Waals surface area (Å²) in [6.45, 7) is 3.58. The highest BCUT2D eigenvalue weighted by molar-refractivity contribution is 5.74. The zero-order chi connectivity index (χ0) is 17.1. The van der Waals surface area contributed by atoms with Crippen molar-refractivity contribution in [2.45, 2.75) is 19.8 Å². The van der Waals surface area contributed by atoms with Gasteiger partial charge in [-0.15, -0.1) is 0 Å². The van der Waals surface area contributed by atoms with E-state index in [1.54, 1.807) is 12.1 Å². The van der Waals surface area contributed by atoms with E-state index in [0.717, 1.165) is 12.8 Å². The van der Waals surface area contributed by atoms with Gasteiger partial charge in [-0.3, -0.25) is 10.1 Å². The Bertz CT molecular complexity index is 747. The lowest BCUT2D eigenvalue weighted by Crippen LogP contribution is -2.34. The molecule has 1 saturated heterocycles. The van der Waals surface area contributed by atoms with Crippen molar-refractivity contribution in [3.05, 3.63) is 46.5 Å². The third-order valence-electron chi connectivity index (χ3n) is 4.20. The molecule has 7 nitrogen and oxygen atoms in total. The summed E-state index contributed by atoms with van der Waals surface area (Å²) in [4.78, 5) is 21.0. The Morgan fingerprint density at radius 1 is 1.29 bits per heavy atom. The predicted octanol–water partition coefficient (Wildman–Crippen LogP) is 3.50. The number of para-hydroxylation sites is 1. The second kappa shape index (κ2) is 6.77. The van der Waals surface area contributed by atoms with Crippen LogP contribution in [0.5, 0.6) is 0 Å². The van der Waals surface area contributed by atoms with E-state index in [0.29, 0.717) is 19.0 Å². The third-order valence-corrected chi connectivity index (χ3v) is 4.20. The van der Waals surface area contributed by atoms with Gasteiger partial charge in [-0.25, -0.2) is 14.4 Å². The molecule has 0 spiro atoms. The molecule has 3 rings (SSSR count). The van der Waals surface area contributed by atoms with Crippen LogP contribution in [0.4, 0.5) is 27.4 Å². The largest absolute Gasteiger partial charge is 0.353 e. The standard InChI is InChI=1S/C16H18FN5O2/c1-11-6-8-21(9-7-11)16-14(22(23)24)15(18-10-19-16)20-13-5-3-2-4-12(13)17/h2-5,10-11H,6-9H2,1H3,(H,18,19,20). The zero-order valence-corrected chi connectivity index (χ0v) is 13.3. The molecule has 0 radical (unpaired) electrons. The number of nitrogens with one attached hydrogen (secondary N) is 1. The minimum Gasteiger partial charge on any atom is -0.351 e. The van der Waals surface area contributed by atoms with Crippen LogP contribution in [0.2, 0.25) is 0 Å². The summed E-state index contributed by atoms with van der Waals surface area (Å²) in [5.74, 6) is 0.367. The van der Waals surface area contributed by atoms with Crippen LogP contribution in [-0.4, -0.2) is 28.0 Å². The molecular weight excluding hydrogens is 313 g/mol. The summed E-state index contributed by atoms with van der Waals surface area (Å²) < 4.78 is 13.8. The minimum atomic E-state index is -0.517. The lowest BCUT2D eigenvalue weighted by atomic mass is 9.99. The van der Waals surface area contributed by atoms with Crippen molar-refractivity contribution in [3.63, 3.8) is 0 Å². The summed E-state index contributed by atoms with van der Waals surface area (Å²) in [6.07, 6.45) is 3.18. The van der Waals surface area contributed by atoms with Crippen LogP contribution in [0.3, 0.4) is 0 Å². The fraction of sp³-hybridized carbons (Fsp3) is 0.375. The Morgan fingerprint density at radius 2 is 2.00 bits per heavy atom. The van der Waals surface area contributed by atoms with Gasteiger partial charge in [0.2, 0.25) is 11.6 Å². The molecule has 0 amide bonds. The second-order valence-corrected chi connectivity index (χ2v) is 5.93. The van der Waals surface area contributed by atoms with Crippen LogP contribution in [0.1, 0.15) is 19.8 Å². The first-order chi connectivity index (χ1) is 11.6. The number of rotatable bonds is 4. The van der Waals surface area contributed by atoms with Gasteiger partial charge < -0.3 is 10.2 Å². The van der Waals surface area contributed by atoms with Crippen LogP contribution in [0, 0.1) is 21.8 Å². The van der Waals surface area contributed by atoms with Gasteiger partial charge >= 0.3 is 5.69 Å². The molecular formula is C16H18FN5O2. The van der Waals surface area contributed by atoms with Gasteiger partial charge in [0.05, 0.1) is 10.6 Å². The SMILES string of the molecule is CC1CCN(c2ncnc(Nc3ccccc3F)c2[N+](=O)[O-])CC1. The van der Waals surface area contributed by atoms with Gasteiger partial charge in [0.25, 0.3) is 0 Å². The van der Waals surface area contributed by atoms with Crippen molar-refractivity contribution in [2.75, 3.05) is 23.3 Å². The maximum atomic E-state index is 13.8. The molecule has 0 unspecified atom stereocenters. The van der Waals surface area contributed by atoms with E-state index >= 15 is 0 Å². The topological polar surface area (TPSA) is 84.2 Å². The van der Waals surface area contributed by atoms with Crippen molar-refractivity contribution in [2.24, 2.45) is 5.92 Å². The van der Waals surface area contributed by atoms with Gasteiger partial charge in [-0.2, -0.15) is 0 Å². The average molecular weight is 331 g/mol. The fourth-order valence-corrected chi connectivity index (χ4v) is 2.77. The molecule has 0 bridgehead atoms. The van der Waals surface area contributed by atoms with Crippen LogP contribution in [0.15, 0.2) is 30.6 Å². The number of aromatic nitrogens is 2. The monoisotopic (exact) mass is 331 g/mol. The number of nitro groups is 1. The van der Waals surface area contributed by atoms with Crippen molar-refractivity contribution in [1.82, 2.24) is 9.97 Å². The molecule has 126 valence electrons. The first kappa shape index (κ1) is 16.1. The highest BCUT2D eigenvalue weighted by Crippen LogP contribution is 2.35. The number of piperidine rings is 1. The molecule has 1 aromatic carbocycles. The summed E-state index contributed by atoms with van der Waals surface area (Å²) in [7, 11) is 0. The molecule has 0 atom stereocenters. The van der Waals surface area contributed by atoms with E-state index in [-0.39, 0.29) is 23.0 Å². The van der Waals surface area contributed by atoms with Crippen LogP contribution >= 0.6 is 0 Å². The van der Waals surface area contributed by atoms with Crippen molar-refractivity contribution in [3.8, 4) is 0 Å². The van der Waals surface area contributed by atoms with Gasteiger partial charge in [0, 0.05) is 13.1 Å². The molecule has 1 fully saturated rings. The number of hydrogen-bond donors (Lipinski definition) is 1. The predicted molar refractivity (Wildman–Crippen MR) is 89.0 cm³/mol. The normalized spacial score (nSPS) is 15.3. The molecule has 24 heavy (non-hydrogen) atoms. The lowest BCUT2D eigenvalue weighted by Gasteiger charge is -2.30. The molecule has 0 saturated carbocycles. The van der Waals surface area contributed by atoms with Gasteiger partial charge in [0.1, 0.15) is 12.1 Å². The molecule has 1 aromatic heterocycles. The van der Waals surface area contributed by atoms with Crippen molar-refractivity contribution in [1.29, 1.82) is 0 Å².